The zero-order valence-electron chi connectivity index (χ0n) is 10.5. The van der Waals surface area contributed by atoms with Crippen LogP contribution in [0.5, 0.6) is 5.88 Å². The van der Waals surface area contributed by atoms with E-state index in [1.165, 1.54) is 6.07 Å². The van der Waals surface area contributed by atoms with Gasteiger partial charge in [-0.2, -0.15) is 0 Å². The van der Waals surface area contributed by atoms with Crippen molar-refractivity contribution in [3.05, 3.63) is 52.9 Å². The molecule has 100 valence electrons. The second kappa shape index (κ2) is 6.38. The average Bonchev–Trinajstić information content (AvgIpc) is 2.40. The van der Waals surface area contributed by atoms with Crippen molar-refractivity contribution in [2.75, 3.05) is 11.9 Å². The van der Waals surface area contributed by atoms with E-state index in [4.69, 9.17) is 16.3 Å². The Kier molecular flexibility index (Phi) is 4.58. The fraction of sp³-hybridized carbons (Fsp3) is 0.214. The summed E-state index contributed by atoms with van der Waals surface area (Å²) in [5.41, 5.74) is 1.14. The standard InChI is InChI=1S/C14H14ClFN2O/c1-2-19-14-13(7-4-8-17-14)18-9-10-11(15)5-3-6-12(10)16/h3-8,18H,2,9H2,1H3. The molecule has 0 aliphatic carbocycles. The molecule has 0 saturated heterocycles. The Balaban J connectivity index is 2.15. The topological polar surface area (TPSA) is 34.1 Å². The minimum atomic E-state index is -0.332. The summed E-state index contributed by atoms with van der Waals surface area (Å²) in [6, 6.07) is 8.24. The van der Waals surface area contributed by atoms with Crippen LogP contribution in [0, 0.1) is 5.82 Å². The highest BCUT2D eigenvalue weighted by Gasteiger charge is 2.08. The fourth-order valence-electron chi connectivity index (χ4n) is 1.66. The molecule has 2 rings (SSSR count). The molecule has 0 atom stereocenters. The second-order valence-corrected chi connectivity index (χ2v) is 4.25. The molecule has 0 amide bonds. The number of ether oxygens (including phenoxy) is 1. The maximum atomic E-state index is 13.6. The zero-order chi connectivity index (χ0) is 13.7. The molecule has 1 aromatic carbocycles. The molecule has 19 heavy (non-hydrogen) atoms. The predicted molar refractivity (Wildman–Crippen MR) is 74.1 cm³/mol. The molecule has 0 bridgehead atoms. The largest absolute Gasteiger partial charge is 0.476 e. The zero-order valence-corrected chi connectivity index (χ0v) is 11.2. The second-order valence-electron chi connectivity index (χ2n) is 3.84. The van der Waals surface area contributed by atoms with Gasteiger partial charge in [-0.25, -0.2) is 9.37 Å². The van der Waals surface area contributed by atoms with Gasteiger partial charge in [-0.05, 0) is 31.2 Å². The van der Waals surface area contributed by atoms with E-state index >= 15 is 0 Å². The third-order valence-electron chi connectivity index (χ3n) is 2.57. The van der Waals surface area contributed by atoms with Gasteiger partial charge in [-0.15, -0.1) is 0 Å². The van der Waals surface area contributed by atoms with Crippen LogP contribution in [-0.4, -0.2) is 11.6 Å². The summed E-state index contributed by atoms with van der Waals surface area (Å²) in [7, 11) is 0. The number of nitrogens with zero attached hydrogens (tertiary/aromatic N) is 1. The molecule has 1 heterocycles. The first-order chi connectivity index (χ1) is 9.22. The van der Waals surface area contributed by atoms with Gasteiger partial charge in [0.2, 0.25) is 5.88 Å². The number of pyridine rings is 1. The van der Waals surface area contributed by atoms with Crippen LogP contribution in [0.15, 0.2) is 36.5 Å². The normalized spacial score (nSPS) is 10.3. The van der Waals surface area contributed by atoms with Crippen molar-refractivity contribution >= 4 is 17.3 Å². The van der Waals surface area contributed by atoms with E-state index in [-0.39, 0.29) is 12.4 Å². The van der Waals surface area contributed by atoms with Gasteiger partial charge in [-0.3, -0.25) is 0 Å². The lowest BCUT2D eigenvalue weighted by atomic mass is 10.2. The molecule has 1 N–H and O–H groups in total. The molecular weight excluding hydrogens is 267 g/mol. The van der Waals surface area contributed by atoms with E-state index in [1.807, 2.05) is 13.0 Å². The molecule has 0 aliphatic rings. The molecule has 0 unspecified atom stereocenters. The van der Waals surface area contributed by atoms with Crippen LogP contribution in [0.3, 0.4) is 0 Å². The van der Waals surface area contributed by atoms with Gasteiger partial charge < -0.3 is 10.1 Å². The van der Waals surface area contributed by atoms with E-state index in [0.29, 0.717) is 28.8 Å². The van der Waals surface area contributed by atoms with E-state index in [9.17, 15) is 4.39 Å². The molecule has 0 fully saturated rings. The number of hydrogen-bond acceptors (Lipinski definition) is 3. The van der Waals surface area contributed by atoms with Gasteiger partial charge in [0.1, 0.15) is 5.82 Å². The van der Waals surface area contributed by atoms with Crippen LogP contribution >= 0.6 is 11.6 Å². The van der Waals surface area contributed by atoms with Crippen molar-refractivity contribution in [1.82, 2.24) is 4.98 Å². The molecule has 0 spiro atoms. The number of aromatic nitrogens is 1. The monoisotopic (exact) mass is 280 g/mol. The third kappa shape index (κ3) is 3.35. The van der Waals surface area contributed by atoms with Crippen molar-refractivity contribution < 1.29 is 9.13 Å². The molecule has 3 nitrogen and oxygen atoms in total. The summed E-state index contributed by atoms with van der Waals surface area (Å²) in [6.45, 7) is 2.68. The Morgan fingerprint density at radius 3 is 2.89 bits per heavy atom. The highest BCUT2D eigenvalue weighted by Crippen LogP contribution is 2.24. The molecule has 1 aromatic heterocycles. The number of hydrogen-bond donors (Lipinski definition) is 1. The Labute approximate surface area is 116 Å². The minimum Gasteiger partial charge on any atom is -0.476 e. The smallest absolute Gasteiger partial charge is 0.237 e. The first-order valence-corrected chi connectivity index (χ1v) is 6.34. The maximum Gasteiger partial charge on any atom is 0.237 e. The van der Waals surface area contributed by atoms with Gasteiger partial charge in [0.15, 0.2) is 0 Å². The summed E-state index contributed by atoms with van der Waals surface area (Å²) in [4.78, 5) is 4.11. The maximum absolute atomic E-state index is 13.6. The van der Waals surface area contributed by atoms with Crippen LogP contribution < -0.4 is 10.1 Å². The Morgan fingerprint density at radius 1 is 1.32 bits per heavy atom. The molecule has 0 saturated carbocycles. The summed E-state index contributed by atoms with van der Waals surface area (Å²) in [5, 5.41) is 3.48. The fourth-order valence-corrected chi connectivity index (χ4v) is 1.89. The highest BCUT2D eigenvalue weighted by molar-refractivity contribution is 6.31. The SMILES string of the molecule is CCOc1ncccc1NCc1c(F)cccc1Cl. The molecule has 2 aromatic rings. The first kappa shape index (κ1) is 13.6. The third-order valence-corrected chi connectivity index (χ3v) is 2.92. The summed E-state index contributed by atoms with van der Waals surface area (Å²) in [5.74, 6) is 0.166. The summed E-state index contributed by atoms with van der Waals surface area (Å²) >= 11 is 5.97. The molecule has 0 aliphatic heterocycles. The van der Waals surface area contributed by atoms with Crippen LogP contribution in [0.2, 0.25) is 5.02 Å². The minimum absolute atomic E-state index is 0.275. The molecule has 5 heteroatoms. The summed E-state index contributed by atoms with van der Waals surface area (Å²) < 4.78 is 19.0. The molecule has 0 radical (unpaired) electrons. The van der Waals surface area contributed by atoms with Crippen molar-refractivity contribution in [2.24, 2.45) is 0 Å². The summed E-state index contributed by atoms with van der Waals surface area (Å²) in [6.07, 6.45) is 1.65. The quantitative estimate of drug-likeness (QED) is 0.902. The lowest BCUT2D eigenvalue weighted by Crippen LogP contribution is -2.05. The van der Waals surface area contributed by atoms with E-state index < -0.39 is 0 Å². The lowest BCUT2D eigenvalue weighted by Gasteiger charge is -2.12. The van der Waals surface area contributed by atoms with Crippen LogP contribution in [0.25, 0.3) is 0 Å². The highest BCUT2D eigenvalue weighted by atomic mass is 35.5. The number of rotatable bonds is 5. The van der Waals surface area contributed by atoms with Gasteiger partial charge in [0.05, 0.1) is 12.3 Å². The van der Waals surface area contributed by atoms with E-state index in [2.05, 4.69) is 10.3 Å². The number of nitrogens with one attached hydrogen (secondary N) is 1. The van der Waals surface area contributed by atoms with E-state index in [0.717, 1.165) is 0 Å². The van der Waals surface area contributed by atoms with E-state index in [1.54, 1.807) is 24.4 Å². The Bertz CT molecular complexity index is 543. The Hall–Kier alpha value is -1.81. The predicted octanol–water partition coefficient (Wildman–Crippen LogP) is 3.88. The Morgan fingerprint density at radius 2 is 2.16 bits per heavy atom. The number of benzene rings is 1. The van der Waals surface area contributed by atoms with Gasteiger partial charge in [0, 0.05) is 23.3 Å². The van der Waals surface area contributed by atoms with Gasteiger partial charge >= 0.3 is 0 Å². The van der Waals surface area contributed by atoms with Crippen LogP contribution in [0.1, 0.15) is 12.5 Å². The van der Waals surface area contributed by atoms with Crippen LogP contribution in [-0.2, 0) is 6.54 Å². The van der Waals surface area contributed by atoms with Crippen molar-refractivity contribution in [1.29, 1.82) is 0 Å². The lowest BCUT2D eigenvalue weighted by molar-refractivity contribution is 0.328. The van der Waals surface area contributed by atoms with Crippen LogP contribution in [0.4, 0.5) is 10.1 Å². The average molecular weight is 281 g/mol. The first-order valence-electron chi connectivity index (χ1n) is 5.97. The van der Waals surface area contributed by atoms with Gasteiger partial charge in [0.25, 0.3) is 0 Å². The van der Waals surface area contributed by atoms with Crippen molar-refractivity contribution in [3.63, 3.8) is 0 Å². The number of halogens is 2. The van der Waals surface area contributed by atoms with Gasteiger partial charge in [-0.1, -0.05) is 17.7 Å². The van der Waals surface area contributed by atoms with Crippen molar-refractivity contribution in [2.45, 2.75) is 13.5 Å². The number of anilines is 1. The molecular formula is C14H14ClFN2O. The van der Waals surface area contributed by atoms with Crippen molar-refractivity contribution in [3.8, 4) is 5.88 Å².